The molecular weight excluding hydrogens is 298 g/mol. The summed E-state index contributed by atoms with van der Waals surface area (Å²) in [4.78, 5) is 10.1. The van der Waals surface area contributed by atoms with Gasteiger partial charge in [-0.25, -0.2) is 9.97 Å². The number of thioether (sulfide) groups is 1. The van der Waals surface area contributed by atoms with Gasteiger partial charge in [0.25, 0.3) is 0 Å². The van der Waals surface area contributed by atoms with E-state index in [4.69, 9.17) is 5.73 Å². The summed E-state index contributed by atoms with van der Waals surface area (Å²) in [7, 11) is 0. The van der Waals surface area contributed by atoms with Crippen molar-refractivity contribution in [3.8, 4) is 11.1 Å². The van der Waals surface area contributed by atoms with Crippen LogP contribution in [0.3, 0.4) is 0 Å². The van der Waals surface area contributed by atoms with E-state index in [1.165, 1.54) is 6.42 Å². The number of fused-ring (bicyclic) bond motifs is 1. The molecule has 21 heavy (non-hydrogen) atoms. The summed E-state index contributed by atoms with van der Waals surface area (Å²) in [6, 6.07) is 10.3. The number of thiophene rings is 1. The van der Waals surface area contributed by atoms with E-state index in [9.17, 15) is 0 Å². The Morgan fingerprint density at radius 2 is 2.00 bits per heavy atom. The number of nitrogens with zero attached hydrogens (tertiary/aromatic N) is 2. The van der Waals surface area contributed by atoms with E-state index in [1.807, 2.05) is 30.0 Å². The number of nitrogen functional groups attached to an aromatic ring is 1. The van der Waals surface area contributed by atoms with Gasteiger partial charge < -0.3 is 5.73 Å². The van der Waals surface area contributed by atoms with Crippen LogP contribution in [0.2, 0.25) is 0 Å². The Morgan fingerprint density at radius 1 is 1.19 bits per heavy atom. The molecule has 3 rings (SSSR count). The van der Waals surface area contributed by atoms with Crippen LogP contribution in [-0.4, -0.2) is 15.7 Å². The average Bonchev–Trinajstić information content (AvgIpc) is 2.93. The maximum Gasteiger partial charge on any atom is 0.142 e. The van der Waals surface area contributed by atoms with Gasteiger partial charge in [0.2, 0.25) is 0 Å². The first-order valence-electron chi connectivity index (χ1n) is 6.96. The number of hydrogen-bond donors (Lipinski definition) is 1. The fourth-order valence-corrected chi connectivity index (χ4v) is 3.94. The second kappa shape index (κ2) is 6.45. The van der Waals surface area contributed by atoms with Crippen molar-refractivity contribution in [1.29, 1.82) is 0 Å². The molecule has 0 aliphatic heterocycles. The van der Waals surface area contributed by atoms with Crippen LogP contribution < -0.4 is 5.73 Å². The Bertz CT molecular complexity index is 738. The molecule has 2 heterocycles. The highest BCUT2D eigenvalue weighted by Gasteiger charge is 2.13. The maximum atomic E-state index is 6.19. The molecule has 0 unspecified atom stereocenters. The molecule has 0 saturated heterocycles. The first-order valence-corrected chi connectivity index (χ1v) is 8.99. The van der Waals surface area contributed by atoms with Crippen molar-refractivity contribution >= 4 is 39.1 Å². The van der Waals surface area contributed by atoms with Gasteiger partial charge in [-0.3, -0.25) is 0 Å². The summed E-state index contributed by atoms with van der Waals surface area (Å²) in [5.74, 6) is 3.38. The van der Waals surface area contributed by atoms with E-state index in [0.717, 1.165) is 38.7 Å². The minimum atomic E-state index is 0.590. The van der Waals surface area contributed by atoms with Crippen molar-refractivity contribution in [2.75, 3.05) is 11.5 Å². The van der Waals surface area contributed by atoms with Crippen LogP contribution >= 0.6 is 23.1 Å². The zero-order valence-corrected chi connectivity index (χ0v) is 13.5. The smallest absolute Gasteiger partial charge is 0.142 e. The van der Waals surface area contributed by atoms with E-state index in [1.54, 1.807) is 11.3 Å². The SMILES string of the molecule is CCCSCc1nc(N)c2c(-c3ccccc3)csc2n1. The second-order valence-corrected chi connectivity index (χ2v) is 6.74. The minimum absolute atomic E-state index is 0.590. The van der Waals surface area contributed by atoms with Gasteiger partial charge in [-0.1, -0.05) is 37.3 Å². The summed E-state index contributed by atoms with van der Waals surface area (Å²) in [6.07, 6.45) is 1.17. The van der Waals surface area contributed by atoms with E-state index < -0.39 is 0 Å². The van der Waals surface area contributed by atoms with E-state index in [0.29, 0.717) is 5.82 Å². The molecule has 0 radical (unpaired) electrons. The molecule has 2 aromatic heterocycles. The Morgan fingerprint density at radius 3 is 2.76 bits per heavy atom. The fourth-order valence-electron chi connectivity index (χ4n) is 2.22. The third kappa shape index (κ3) is 3.04. The van der Waals surface area contributed by atoms with Gasteiger partial charge in [0.15, 0.2) is 0 Å². The van der Waals surface area contributed by atoms with E-state index in [2.05, 4.69) is 34.4 Å². The van der Waals surface area contributed by atoms with Crippen LogP contribution in [0.25, 0.3) is 21.3 Å². The van der Waals surface area contributed by atoms with Crippen LogP contribution in [0.4, 0.5) is 5.82 Å². The predicted octanol–water partition coefficient (Wildman–Crippen LogP) is 4.58. The average molecular weight is 315 g/mol. The van der Waals surface area contributed by atoms with Gasteiger partial charge in [-0.05, 0) is 17.7 Å². The van der Waals surface area contributed by atoms with Crippen molar-refractivity contribution in [3.63, 3.8) is 0 Å². The first-order chi connectivity index (χ1) is 10.3. The number of anilines is 1. The Hall–Kier alpha value is -1.59. The van der Waals surface area contributed by atoms with Crippen molar-refractivity contribution < 1.29 is 0 Å². The van der Waals surface area contributed by atoms with Crippen molar-refractivity contribution in [2.45, 2.75) is 19.1 Å². The summed E-state index contributed by atoms with van der Waals surface area (Å²) in [5, 5.41) is 3.10. The number of hydrogen-bond acceptors (Lipinski definition) is 5. The topological polar surface area (TPSA) is 51.8 Å². The molecule has 1 aromatic carbocycles. The van der Waals surface area contributed by atoms with Crippen molar-refractivity contribution in [2.24, 2.45) is 0 Å². The van der Waals surface area contributed by atoms with Crippen LogP contribution in [0.5, 0.6) is 0 Å². The Kier molecular flexibility index (Phi) is 4.41. The molecule has 5 heteroatoms. The third-order valence-electron chi connectivity index (χ3n) is 3.17. The highest BCUT2D eigenvalue weighted by molar-refractivity contribution is 7.98. The molecule has 0 aliphatic carbocycles. The number of rotatable bonds is 5. The van der Waals surface area contributed by atoms with Crippen LogP contribution in [-0.2, 0) is 5.75 Å². The molecule has 108 valence electrons. The molecule has 2 N–H and O–H groups in total. The fraction of sp³-hybridized carbons (Fsp3) is 0.250. The highest BCUT2D eigenvalue weighted by atomic mass is 32.2. The quantitative estimate of drug-likeness (QED) is 0.700. The van der Waals surface area contributed by atoms with Crippen molar-refractivity contribution in [3.05, 3.63) is 41.5 Å². The monoisotopic (exact) mass is 315 g/mol. The van der Waals surface area contributed by atoms with Gasteiger partial charge in [-0.15, -0.1) is 11.3 Å². The summed E-state index contributed by atoms with van der Waals surface area (Å²) in [5.41, 5.74) is 8.48. The maximum absolute atomic E-state index is 6.19. The lowest BCUT2D eigenvalue weighted by molar-refractivity contribution is 1.07. The largest absolute Gasteiger partial charge is 0.383 e. The first kappa shape index (κ1) is 14.4. The van der Waals surface area contributed by atoms with Gasteiger partial charge in [0, 0.05) is 10.9 Å². The highest BCUT2D eigenvalue weighted by Crippen LogP contribution is 2.35. The number of benzene rings is 1. The van der Waals surface area contributed by atoms with E-state index >= 15 is 0 Å². The molecule has 3 aromatic rings. The Balaban J connectivity index is 1.99. The van der Waals surface area contributed by atoms with E-state index in [-0.39, 0.29) is 0 Å². The Labute approximate surface area is 132 Å². The summed E-state index contributed by atoms with van der Waals surface area (Å²) < 4.78 is 0. The zero-order chi connectivity index (χ0) is 14.7. The standard InChI is InChI=1S/C16H17N3S2/c1-2-8-20-10-13-18-15(17)14-12(9-21-16(14)19-13)11-6-4-3-5-7-11/h3-7,9H,2,8,10H2,1H3,(H2,17,18,19). The lowest BCUT2D eigenvalue weighted by Gasteiger charge is -2.04. The summed E-state index contributed by atoms with van der Waals surface area (Å²) in [6.45, 7) is 2.18. The molecule has 0 amide bonds. The zero-order valence-electron chi connectivity index (χ0n) is 11.9. The predicted molar refractivity (Wildman–Crippen MR) is 93.7 cm³/mol. The minimum Gasteiger partial charge on any atom is -0.383 e. The lowest BCUT2D eigenvalue weighted by atomic mass is 10.1. The van der Waals surface area contributed by atoms with Crippen LogP contribution in [0, 0.1) is 0 Å². The summed E-state index contributed by atoms with van der Waals surface area (Å²) >= 11 is 3.49. The van der Waals surface area contributed by atoms with Gasteiger partial charge >= 0.3 is 0 Å². The molecule has 0 saturated carbocycles. The molecule has 0 atom stereocenters. The molecule has 3 nitrogen and oxygen atoms in total. The number of nitrogens with two attached hydrogens (primary N) is 1. The lowest BCUT2D eigenvalue weighted by Crippen LogP contribution is -1.99. The van der Waals surface area contributed by atoms with Crippen molar-refractivity contribution in [1.82, 2.24) is 9.97 Å². The second-order valence-electron chi connectivity index (χ2n) is 4.77. The number of aromatic nitrogens is 2. The molecule has 0 aliphatic rings. The third-order valence-corrected chi connectivity index (χ3v) is 5.20. The van der Waals surface area contributed by atoms with Gasteiger partial charge in [0.05, 0.1) is 11.1 Å². The molecule has 0 fully saturated rings. The molecule has 0 spiro atoms. The van der Waals surface area contributed by atoms with Crippen LogP contribution in [0.1, 0.15) is 19.2 Å². The van der Waals surface area contributed by atoms with Gasteiger partial charge in [0.1, 0.15) is 16.5 Å². The van der Waals surface area contributed by atoms with Gasteiger partial charge in [-0.2, -0.15) is 11.8 Å². The molecule has 0 bridgehead atoms. The molecular formula is C16H17N3S2. The normalized spacial score (nSPS) is 11.1. The van der Waals surface area contributed by atoms with Crippen LogP contribution in [0.15, 0.2) is 35.7 Å².